The second-order valence-corrected chi connectivity index (χ2v) is 6.61. The second kappa shape index (κ2) is 9.11. The van der Waals surface area contributed by atoms with Crippen molar-refractivity contribution in [2.75, 3.05) is 12.5 Å². The minimum atomic E-state index is -4.50. The van der Waals surface area contributed by atoms with Crippen LogP contribution in [-0.4, -0.2) is 24.6 Å². The topological polar surface area (TPSA) is 67.8 Å². The summed E-state index contributed by atoms with van der Waals surface area (Å²) in [4.78, 5) is 24.8. The number of ketones is 1. The maximum atomic E-state index is 13.1. The van der Waals surface area contributed by atoms with Gasteiger partial charge in [-0.05, 0) is 24.1 Å². The van der Waals surface area contributed by atoms with Crippen molar-refractivity contribution >= 4 is 23.2 Å². The molecule has 0 aromatic heterocycles. The standard InChI is InChI=1S/C21H19F3N2O3.CH4/c1-3-12-8-9-14(21(22,23)24)11-17(12)25-26-18-15-7-5-4-6-13(15)10-16(19(18)27)20(28)29-2;/h4-11,13,15,25H,3H2,1-2H3;1H4/b26-18-;. The minimum Gasteiger partial charge on any atom is -0.465 e. The highest BCUT2D eigenvalue weighted by atomic mass is 19.4. The summed E-state index contributed by atoms with van der Waals surface area (Å²) in [5.41, 5.74) is 2.47. The van der Waals surface area contributed by atoms with Crippen LogP contribution in [0, 0.1) is 11.8 Å². The number of nitrogens with one attached hydrogen (secondary N) is 1. The zero-order chi connectivity index (χ0) is 21.2. The first-order chi connectivity index (χ1) is 13.8. The largest absolute Gasteiger partial charge is 0.465 e. The first kappa shape index (κ1) is 23.1. The number of rotatable bonds is 4. The number of hydrazone groups is 1. The molecule has 5 nitrogen and oxygen atoms in total. The van der Waals surface area contributed by atoms with Gasteiger partial charge in [0.2, 0.25) is 5.78 Å². The number of carbonyl (C=O) groups excluding carboxylic acids is 2. The lowest BCUT2D eigenvalue weighted by molar-refractivity contribution is -0.138. The van der Waals surface area contributed by atoms with Gasteiger partial charge < -0.3 is 4.74 Å². The molecule has 0 aliphatic heterocycles. The maximum absolute atomic E-state index is 13.1. The number of ether oxygens (including phenoxy) is 1. The van der Waals surface area contributed by atoms with Crippen molar-refractivity contribution in [2.24, 2.45) is 16.9 Å². The number of allylic oxidation sites excluding steroid dienone is 5. The van der Waals surface area contributed by atoms with E-state index in [9.17, 15) is 22.8 Å². The number of aryl methyl sites for hydroxylation is 1. The zero-order valence-corrected chi connectivity index (χ0v) is 15.8. The number of methoxy groups -OCH3 is 1. The molecular formula is C22H23F3N2O3. The Kier molecular flexibility index (Phi) is 7.02. The number of hydrogen-bond donors (Lipinski definition) is 1. The molecule has 0 bridgehead atoms. The van der Waals surface area contributed by atoms with Crippen molar-refractivity contribution in [3.63, 3.8) is 0 Å². The van der Waals surface area contributed by atoms with E-state index in [0.29, 0.717) is 12.0 Å². The van der Waals surface area contributed by atoms with Crippen LogP contribution in [0.15, 0.2) is 59.3 Å². The first-order valence-electron chi connectivity index (χ1n) is 8.99. The minimum absolute atomic E-state index is 0. The van der Waals surface area contributed by atoms with Gasteiger partial charge in [0.25, 0.3) is 0 Å². The molecule has 2 aliphatic carbocycles. The van der Waals surface area contributed by atoms with Crippen molar-refractivity contribution in [1.82, 2.24) is 0 Å². The van der Waals surface area contributed by atoms with E-state index in [2.05, 4.69) is 15.3 Å². The van der Waals surface area contributed by atoms with Gasteiger partial charge in [-0.25, -0.2) is 4.79 Å². The molecule has 2 aliphatic rings. The van der Waals surface area contributed by atoms with Crippen LogP contribution in [0.5, 0.6) is 0 Å². The molecule has 0 fully saturated rings. The fourth-order valence-electron chi connectivity index (χ4n) is 3.30. The predicted octanol–water partition coefficient (Wildman–Crippen LogP) is 4.71. The van der Waals surface area contributed by atoms with Crippen LogP contribution >= 0.6 is 0 Å². The number of anilines is 1. The van der Waals surface area contributed by atoms with Crippen molar-refractivity contribution < 1.29 is 27.5 Å². The van der Waals surface area contributed by atoms with Crippen LogP contribution < -0.4 is 5.43 Å². The van der Waals surface area contributed by atoms with Crippen LogP contribution in [0.4, 0.5) is 18.9 Å². The van der Waals surface area contributed by atoms with Gasteiger partial charge in [0.05, 0.1) is 18.4 Å². The van der Waals surface area contributed by atoms with Crippen molar-refractivity contribution in [1.29, 1.82) is 0 Å². The molecule has 1 N–H and O–H groups in total. The average Bonchev–Trinajstić information content (AvgIpc) is 2.71. The molecule has 0 radical (unpaired) electrons. The quantitative estimate of drug-likeness (QED) is 0.435. The third-order valence-electron chi connectivity index (χ3n) is 4.85. The highest BCUT2D eigenvalue weighted by Gasteiger charge is 2.38. The Hall–Kier alpha value is -3.16. The molecule has 0 saturated carbocycles. The summed E-state index contributed by atoms with van der Waals surface area (Å²) in [6, 6.07) is 3.34. The lowest BCUT2D eigenvalue weighted by atomic mass is 9.76. The Morgan fingerprint density at radius 2 is 1.93 bits per heavy atom. The molecule has 1 aromatic carbocycles. The van der Waals surface area contributed by atoms with E-state index in [1.165, 1.54) is 19.3 Å². The van der Waals surface area contributed by atoms with Crippen LogP contribution in [0.25, 0.3) is 0 Å². The number of hydrogen-bond acceptors (Lipinski definition) is 5. The highest BCUT2D eigenvalue weighted by molar-refractivity contribution is 6.52. The molecule has 8 heteroatoms. The highest BCUT2D eigenvalue weighted by Crippen LogP contribution is 2.33. The molecule has 0 saturated heterocycles. The monoisotopic (exact) mass is 420 g/mol. The number of nitrogens with zero attached hydrogens (tertiary/aromatic N) is 1. The van der Waals surface area contributed by atoms with E-state index >= 15 is 0 Å². The Balaban J connectivity index is 0.00000320. The van der Waals surface area contributed by atoms with Crippen molar-refractivity contribution in [3.8, 4) is 0 Å². The van der Waals surface area contributed by atoms with Crippen LogP contribution in [0.2, 0.25) is 0 Å². The molecule has 0 spiro atoms. The molecule has 2 atom stereocenters. The fraction of sp³-hybridized carbons (Fsp3) is 0.318. The number of halogens is 3. The van der Waals surface area contributed by atoms with Crippen LogP contribution in [0.3, 0.4) is 0 Å². The van der Waals surface area contributed by atoms with E-state index < -0.39 is 29.4 Å². The molecule has 3 rings (SSSR count). The SMILES string of the molecule is C.CCc1ccc(C(F)(F)F)cc1N/N=C1\C(=O)C(C(=O)OC)=CC2C=CC=CC12. The lowest BCUT2D eigenvalue weighted by Crippen LogP contribution is -2.37. The maximum Gasteiger partial charge on any atom is 0.416 e. The average molecular weight is 420 g/mol. The van der Waals surface area contributed by atoms with Gasteiger partial charge in [-0.2, -0.15) is 18.3 Å². The fourth-order valence-corrected chi connectivity index (χ4v) is 3.30. The summed E-state index contributed by atoms with van der Waals surface area (Å²) < 4.78 is 43.9. The summed E-state index contributed by atoms with van der Waals surface area (Å²) in [6.07, 6.45) is 4.62. The second-order valence-electron chi connectivity index (χ2n) is 6.61. The molecular weight excluding hydrogens is 397 g/mol. The van der Waals surface area contributed by atoms with Crippen LogP contribution in [0.1, 0.15) is 25.5 Å². The third-order valence-corrected chi connectivity index (χ3v) is 4.85. The lowest BCUT2D eigenvalue weighted by Gasteiger charge is -2.27. The smallest absolute Gasteiger partial charge is 0.416 e. The van der Waals surface area contributed by atoms with Gasteiger partial charge in [-0.3, -0.25) is 10.2 Å². The molecule has 160 valence electrons. The number of carbonyl (C=O) groups is 2. The van der Waals surface area contributed by atoms with Crippen LogP contribution in [-0.2, 0) is 26.9 Å². The Labute approximate surface area is 173 Å². The molecule has 0 amide bonds. The normalized spacial score (nSPS) is 21.6. The Bertz CT molecular complexity index is 959. The summed E-state index contributed by atoms with van der Waals surface area (Å²) in [7, 11) is 1.17. The number of Topliss-reactive ketones (excluding diaryl/α,β-unsaturated/α-hetero) is 1. The van der Waals surface area contributed by atoms with E-state index in [1.54, 1.807) is 25.2 Å². The zero-order valence-electron chi connectivity index (χ0n) is 15.8. The predicted molar refractivity (Wildman–Crippen MR) is 109 cm³/mol. The number of fused-ring (bicyclic) bond motifs is 1. The van der Waals surface area contributed by atoms with Gasteiger partial charge in [0.15, 0.2) is 0 Å². The third kappa shape index (κ3) is 4.53. The first-order valence-corrected chi connectivity index (χ1v) is 8.99. The summed E-state index contributed by atoms with van der Waals surface area (Å²) in [5, 5.41) is 4.13. The number of esters is 1. The van der Waals surface area contributed by atoms with E-state index in [1.807, 2.05) is 6.08 Å². The van der Waals surface area contributed by atoms with Crippen molar-refractivity contribution in [3.05, 3.63) is 65.3 Å². The van der Waals surface area contributed by atoms with Gasteiger partial charge in [-0.1, -0.05) is 50.8 Å². The Morgan fingerprint density at radius 3 is 2.57 bits per heavy atom. The van der Waals surface area contributed by atoms with Gasteiger partial charge in [-0.15, -0.1) is 0 Å². The Morgan fingerprint density at radius 1 is 1.23 bits per heavy atom. The molecule has 0 heterocycles. The summed E-state index contributed by atoms with van der Waals surface area (Å²) in [5.74, 6) is -2.10. The molecule has 2 unspecified atom stereocenters. The van der Waals surface area contributed by atoms with Crippen molar-refractivity contribution in [2.45, 2.75) is 26.9 Å². The van der Waals surface area contributed by atoms with Gasteiger partial charge >= 0.3 is 12.1 Å². The molecule has 1 aromatic rings. The number of alkyl halides is 3. The summed E-state index contributed by atoms with van der Waals surface area (Å²) in [6.45, 7) is 1.80. The number of benzene rings is 1. The summed E-state index contributed by atoms with van der Waals surface area (Å²) >= 11 is 0. The van der Waals surface area contributed by atoms with E-state index in [-0.39, 0.29) is 30.3 Å². The molecule has 30 heavy (non-hydrogen) atoms. The van der Waals surface area contributed by atoms with Gasteiger partial charge in [0, 0.05) is 11.8 Å². The van der Waals surface area contributed by atoms with Gasteiger partial charge in [0.1, 0.15) is 11.3 Å². The van der Waals surface area contributed by atoms with E-state index in [4.69, 9.17) is 0 Å². The van der Waals surface area contributed by atoms with E-state index in [0.717, 1.165) is 12.1 Å².